The van der Waals surface area contributed by atoms with Gasteiger partial charge in [-0.2, -0.15) is 5.10 Å². The number of carboxylic acid groups (broad SMARTS) is 1. The Morgan fingerprint density at radius 1 is 1.03 bits per heavy atom. The van der Waals surface area contributed by atoms with E-state index in [0.717, 1.165) is 22.2 Å². The van der Waals surface area contributed by atoms with Crippen LogP contribution in [0.25, 0.3) is 27.8 Å². The molecular formula is C27H22N3NaO3. The van der Waals surface area contributed by atoms with Crippen LogP contribution in [0, 0.1) is 13.8 Å². The van der Waals surface area contributed by atoms with Gasteiger partial charge in [-0.1, -0.05) is 42.5 Å². The summed E-state index contributed by atoms with van der Waals surface area (Å²) in [6.07, 6.45) is 1.58. The van der Waals surface area contributed by atoms with Crippen LogP contribution in [0.3, 0.4) is 0 Å². The molecule has 0 aliphatic carbocycles. The fraction of sp³-hybridized carbons (Fsp3) is 0.148. The number of fused-ring (bicyclic) bond motifs is 2. The van der Waals surface area contributed by atoms with Gasteiger partial charge >= 0.3 is 29.6 Å². The quantitative estimate of drug-likeness (QED) is 0.374. The van der Waals surface area contributed by atoms with Gasteiger partial charge in [0.25, 0.3) is 0 Å². The number of benzene rings is 2. The Morgan fingerprint density at radius 2 is 1.76 bits per heavy atom. The molecule has 0 radical (unpaired) electrons. The first-order chi connectivity index (χ1) is 15.9. The Labute approximate surface area is 219 Å². The summed E-state index contributed by atoms with van der Waals surface area (Å²) in [4.78, 5) is 17.1. The summed E-state index contributed by atoms with van der Waals surface area (Å²) in [6, 6.07) is 20.8. The molecule has 0 fully saturated rings. The van der Waals surface area contributed by atoms with Gasteiger partial charge in [-0.25, -0.2) is 9.50 Å². The number of nitrogens with zero attached hydrogens (tertiary/aromatic N) is 3. The molecule has 0 N–H and O–H groups in total. The van der Waals surface area contributed by atoms with E-state index < -0.39 is 5.97 Å². The maximum Gasteiger partial charge on any atom is 1.00 e. The van der Waals surface area contributed by atoms with E-state index in [1.165, 1.54) is 6.07 Å². The molecule has 0 amide bonds. The average Bonchev–Trinajstić information content (AvgIpc) is 3.17. The number of hydrogen-bond donors (Lipinski definition) is 0. The van der Waals surface area contributed by atoms with Gasteiger partial charge < -0.3 is 14.6 Å². The first kappa shape index (κ1) is 24.0. The summed E-state index contributed by atoms with van der Waals surface area (Å²) in [5, 5.41) is 17.3. The molecule has 0 saturated heterocycles. The fourth-order valence-electron chi connectivity index (χ4n) is 4.17. The number of carbonyl (C=O) groups excluding carboxylic acids is 1. The van der Waals surface area contributed by atoms with E-state index in [9.17, 15) is 9.90 Å². The van der Waals surface area contributed by atoms with Crippen LogP contribution in [0.5, 0.6) is 5.75 Å². The number of hydrogen-bond acceptors (Lipinski definition) is 5. The Bertz CT molecular complexity index is 1510. The van der Waals surface area contributed by atoms with Crippen molar-refractivity contribution in [2.24, 2.45) is 0 Å². The third-order valence-corrected chi connectivity index (χ3v) is 5.95. The number of pyridine rings is 2. The van der Waals surface area contributed by atoms with Gasteiger partial charge in [0.05, 0.1) is 28.1 Å². The van der Waals surface area contributed by atoms with E-state index in [4.69, 9.17) is 9.72 Å². The maximum atomic E-state index is 12.3. The Hall–Kier alpha value is -3.19. The number of ether oxygens (including phenoxy) is 1. The van der Waals surface area contributed by atoms with Crippen molar-refractivity contribution in [1.29, 1.82) is 0 Å². The number of aromatic nitrogens is 3. The van der Waals surface area contributed by atoms with E-state index in [-0.39, 0.29) is 41.2 Å². The van der Waals surface area contributed by atoms with Gasteiger partial charge in [0, 0.05) is 17.3 Å². The molecule has 6 nitrogen and oxygen atoms in total. The monoisotopic (exact) mass is 459 g/mol. The third kappa shape index (κ3) is 4.20. The molecule has 7 heteroatoms. The van der Waals surface area contributed by atoms with Crippen molar-refractivity contribution < 1.29 is 44.2 Å². The smallest absolute Gasteiger partial charge is 0.545 e. The minimum absolute atomic E-state index is 0. The zero-order valence-electron chi connectivity index (χ0n) is 19.6. The van der Waals surface area contributed by atoms with E-state index in [1.807, 2.05) is 81.6 Å². The van der Waals surface area contributed by atoms with Crippen LogP contribution in [-0.2, 0) is 0 Å². The van der Waals surface area contributed by atoms with Crippen molar-refractivity contribution in [3.63, 3.8) is 0 Å². The number of aromatic carboxylic acids is 1. The second-order valence-corrected chi connectivity index (χ2v) is 8.12. The van der Waals surface area contributed by atoms with Crippen LogP contribution < -0.4 is 39.4 Å². The molecule has 0 unspecified atom stereocenters. The number of carboxylic acids is 1. The van der Waals surface area contributed by atoms with E-state index in [2.05, 4.69) is 5.10 Å². The van der Waals surface area contributed by atoms with Crippen LogP contribution in [0.2, 0.25) is 0 Å². The minimum atomic E-state index is -1.28. The van der Waals surface area contributed by atoms with Crippen molar-refractivity contribution in [2.75, 3.05) is 0 Å². The number of rotatable bonds is 5. The zero-order chi connectivity index (χ0) is 23.1. The maximum absolute atomic E-state index is 12.3. The molecule has 3 heterocycles. The van der Waals surface area contributed by atoms with Crippen LogP contribution >= 0.6 is 0 Å². The van der Waals surface area contributed by atoms with Crippen molar-refractivity contribution in [3.05, 3.63) is 95.2 Å². The predicted molar refractivity (Wildman–Crippen MR) is 125 cm³/mol. The SMILES string of the molecule is Cc1ccc(O[C@@H](C)c2ccccc2)c2c(C(=O)[O-])cc(-c3nn4ccccc4c3C)nc12.[Na+]. The molecule has 3 aromatic heterocycles. The van der Waals surface area contributed by atoms with Gasteiger partial charge in [0.1, 0.15) is 17.5 Å². The van der Waals surface area contributed by atoms with Crippen molar-refractivity contribution in [3.8, 4) is 17.1 Å². The van der Waals surface area contributed by atoms with Crippen molar-refractivity contribution >= 4 is 22.4 Å². The Morgan fingerprint density at radius 3 is 2.47 bits per heavy atom. The van der Waals surface area contributed by atoms with Gasteiger partial charge in [-0.3, -0.25) is 0 Å². The van der Waals surface area contributed by atoms with E-state index in [1.54, 1.807) is 10.6 Å². The Kier molecular flexibility index (Phi) is 6.75. The molecule has 0 spiro atoms. The molecule has 34 heavy (non-hydrogen) atoms. The van der Waals surface area contributed by atoms with Crippen molar-refractivity contribution in [2.45, 2.75) is 26.9 Å². The molecule has 164 valence electrons. The molecule has 5 aromatic rings. The van der Waals surface area contributed by atoms with Crippen LogP contribution in [0.15, 0.2) is 72.9 Å². The first-order valence-electron chi connectivity index (χ1n) is 10.8. The second kappa shape index (κ2) is 9.58. The largest absolute Gasteiger partial charge is 1.00 e. The molecule has 0 bridgehead atoms. The second-order valence-electron chi connectivity index (χ2n) is 8.12. The molecule has 0 aliphatic heterocycles. The molecule has 0 saturated carbocycles. The zero-order valence-corrected chi connectivity index (χ0v) is 21.6. The average molecular weight is 459 g/mol. The summed E-state index contributed by atoms with van der Waals surface area (Å²) >= 11 is 0. The molecule has 5 rings (SSSR count). The fourth-order valence-corrected chi connectivity index (χ4v) is 4.17. The standard InChI is InChI=1S/C27H23N3O3.Na/c1-16-12-13-23(33-18(3)19-9-5-4-6-10-19)24-20(27(31)32)15-21(28-25(16)24)26-17(2)22-11-7-8-14-30(22)29-26;/h4-15,18H,1-3H3,(H,31,32);/q;+1/p-1/t18-;/m0./s1. The van der Waals surface area contributed by atoms with Crippen molar-refractivity contribution in [1.82, 2.24) is 14.6 Å². The summed E-state index contributed by atoms with van der Waals surface area (Å²) in [7, 11) is 0. The predicted octanol–water partition coefficient (Wildman–Crippen LogP) is 1.67. The Balaban J connectivity index is 0.00000274. The topological polar surface area (TPSA) is 79.5 Å². The third-order valence-electron chi connectivity index (χ3n) is 5.95. The summed E-state index contributed by atoms with van der Waals surface area (Å²) < 4.78 is 7.99. The minimum Gasteiger partial charge on any atom is -0.545 e. The van der Waals surface area contributed by atoms with Crippen LogP contribution in [0.1, 0.15) is 40.1 Å². The van der Waals surface area contributed by atoms with Gasteiger partial charge in [-0.05, 0) is 56.2 Å². The molecule has 2 aromatic carbocycles. The van der Waals surface area contributed by atoms with Gasteiger partial charge in [-0.15, -0.1) is 0 Å². The van der Waals surface area contributed by atoms with E-state index in [0.29, 0.717) is 28.0 Å². The normalized spacial score (nSPS) is 11.9. The van der Waals surface area contributed by atoms with Gasteiger partial charge in [0.2, 0.25) is 0 Å². The number of aryl methyl sites for hydroxylation is 2. The van der Waals surface area contributed by atoms with Crippen LogP contribution in [0.4, 0.5) is 0 Å². The van der Waals surface area contributed by atoms with E-state index >= 15 is 0 Å². The molecule has 1 atom stereocenters. The number of carbonyl (C=O) groups is 1. The summed E-state index contributed by atoms with van der Waals surface area (Å²) in [6.45, 7) is 5.79. The van der Waals surface area contributed by atoms with Gasteiger partial charge in [0.15, 0.2) is 0 Å². The molecular weight excluding hydrogens is 437 g/mol. The van der Waals surface area contributed by atoms with Crippen LogP contribution in [-0.4, -0.2) is 20.6 Å². The summed E-state index contributed by atoms with van der Waals surface area (Å²) in [5.74, 6) is -0.829. The first-order valence-corrected chi connectivity index (χ1v) is 10.8. The summed E-state index contributed by atoms with van der Waals surface area (Å²) in [5.41, 5.74) is 5.41. The molecule has 0 aliphatic rings.